The van der Waals surface area contributed by atoms with Gasteiger partial charge in [0, 0.05) is 0 Å². The lowest BCUT2D eigenvalue weighted by atomic mass is 10.2. The minimum atomic E-state index is -0.539. The van der Waals surface area contributed by atoms with Gasteiger partial charge in [-0.25, -0.2) is 0 Å². The molecule has 1 atom stereocenters. The molecule has 0 aromatic heterocycles. The molecule has 0 aliphatic heterocycles. The van der Waals surface area contributed by atoms with Gasteiger partial charge in [-0.05, 0) is 43.0 Å². The zero-order valence-electron chi connectivity index (χ0n) is 10.1. The molecular weight excluding hydrogens is 236 g/mol. The van der Waals surface area contributed by atoms with Crippen molar-refractivity contribution >= 4 is 23.4 Å². The number of thioether (sulfide) groups is 1. The van der Waals surface area contributed by atoms with Gasteiger partial charge in [0.2, 0.25) is 5.91 Å². The first-order chi connectivity index (χ1) is 8.04. The largest absolute Gasteiger partial charge is 0.506 e. The highest BCUT2D eigenvalue weighted by Crippen LogP contribution is 2.23. The quantitative estimate of drug-likeness (QED) is 0.699. The number of nitrogens with two attached hydrogens (primary N) is 1. The van der Waals surface area contributed by atoms with Crippen molar-refractivity contribution in [1.29, 1.82) is 0 Å². The number of aromatic hydroxyl groups is 1. The summed E-state index contributed by atoms with van der Waals surface area (Å²) in [5.41, 5.74) is 7.11. The Morgan fingerprint density at radius 1 is 1.59 bits per heavy atom. The lowest BCUT2D eigenvalue weighted by Gasteiger charge is -2.13. The van der Waals surface area contributed by atoms with Gasteiger partial charge in [0.15, 0.2) is 0 Å². The number of aryl methyl sites for hydroxylation is 1. The van der Waals surface area contributed by atoms with Crippen LogP contribution in [0.3, 0.4) is 0 Å². The van der Waals surface area contributed by atoms with E-state index in [1.807, 2.05) is 13.2 Å². The third-order valence-corrected chi connectivity index (χ3v) is 3.02. The molecule has 1 aromatic rings. The number of benzene rings is 1. The van der Waals surface area contributed by atoms with Crippen LogP contribution >= 0.6 is 11.8 Å². The van der Waals surface area contributed by atoms with Crippen LogP contribution in [0.4, 0.5) is 5.69 Å². The highest BCUT2D eigenvalue weighted by Gasteiger charge is 2.14. The highest BCUT2D eigenvalue weighted by atomic mass is 32.2. The SMILES string of the molecule is CSCC[C@H](N)C(=O)Nc1cc(C)ccc1O. The van der Waals surface area contributed by atoms with E-state index in [0.717, 1.165) is 11.3 Å². The molecule has 1 rings (SSSR count). The molecule has 1 aromatic carbocycles. The van der Waals surface area contributed by atoms with Crippen LogP contribution in [0.1, 0.15) is 12.0 Å². The van der Waals surface area contributed by atoms with Crippen molar-refractivity contribution in [2.75, 3.05) is 17.3 Å². The molecule has 0 aliphatic rings. The number of nitrogens with one attached hydrogen (secondary N) is 1. The van der Waals surface area contributed by atoms with Crippen molar-refractivity contribution in [3.05, 3.63) is 23.8 Å². The summed E-state index contributed by atoms with van der Waals surface area (Å²) in [6.07, 6.45) is 2.59. The Morgan fingerprint density at radius 3 is 2.94 bits per heavy atom. The normalized spacial score (nSPS) is 12.2. The first-order valence-corrected chi connectivity index (χ1v) is 6.79. The molecule has 0 unspecified atom stereocenters. The lowest BCUT2D eigenvalue weighted by Crippen LogP contribution is -2.36. The summed E-state index contributed by atoms with van der Waals surface area (Å²) in [6.45, 7) is 1.89. The lowest BCUT2D eigenvalue weighted by molar-refractivity contribution is -0.117. The van der Waals surface area contributed by atoms with E-state index in [1.54, 1.807) is 30.0 Å². The average molecular weight is 254 g/mol. The van der Waals surface area contributed by atoms with E-state index < -0.39 is 6.04 Å². The standard InChI is InChI=1S/C12H18N2O2S/c1-8-3-4-11(15)10(7-8)14-12(16)9(13)5-6-17-2/h3-4,7,9,15H,5-6,13H2,1-2H3,(H,14,16)/t9-/m0/s1. The summed E-state index contributed by atoms with van der Waals surface area (Å²) in [5, 5.41) is 12.2. The van der Waals surface area contributed by atoms with E-state index in [-0.39, 0.29) is 11.7 Å². The maximum Gasteiger partial charge on any atom is 0.241 e. The van der Waals surface area contributed by atoms with Crippen molar-refractivity contribution in [1.82, 2.24) is 0 Å². The third kappa shape index (κ3) is 4.28. The van der Waals surface area contributed by atoms with Crippen LogP contribution in [0.5, 0.6) is 5.75 Å². The summed E-state index contributed by atoms with van der Waals surface area (Å²) < 4.78 is 0. The Balaban J connectivity index is 2.64. The minimum absolute atomic E-state index is 0.0565. The van der Waals surface area contributed by atoms with Crippen molar-refractivity contribution in [2.24, 2.45) is 5.73 Å². The first-order valence-electron chi connectivity index (χ1n) is 5.39. The van der Waals surface area contributed by atoms with Gasteiger partial charge in [-0.3, -0.25) is 4.79 Å². The molecule has 0 radical (unpaired) electrons. The molecule has 5 heteroatoms. The van der Waals surface area contributed by atoms with Crippen LogP contribution < -0.4 is 11.1 Å². The van der Waals surface area contributed by atoms with Gasteiger partial charge in [-0.1, -0.05) is 6.07 Å². The molecule has 0 fully saturated rings. The molecule has 0 spiro atoms. The van der Waals surface area contributed by atoms with E-state index >= 15 is 0 Å². The second kappa shape index (κ2) is 6.51. The maximum atomic E-state index is 11.7. The van der Waals surface area contributed by atoms with Crippen LogP contribution in [0.2, 0.25) is 0 Å². The fourth-order valence-corrected chi connectivity index (χ4v) is 1.84. The van der Waals surface area contributed by atoms with Crippen molar-refractivity contribution in [3.63, 3.8) is 0 Å². The maximum absolute atomic E-state index is 11.7. The summed E-state index contributed by atoms with van der Waals surface area (Å²) in [5.74, 6) is 0.634. The molecule has 0 saturated carbocycles. The van der Waals surface area contributed by atoms with Crippen molar-refractivity contribution < 1.29 is 9.90 Å². The van der Waals surface area contributed by atoms with E-state index in [9.17, 15) is 9.90 Å². The van der Waals surface area contributed by atoms with E-state index in [2.05, 4.69) is 5.32 Å². The van der Waals surface area contributed by atoms with E-state index in [0.29, 0.717) is 12.1 Å². The van der Waals surface area contributed by atoms with Crippen LogP contribution in [-0.2, 0) is 4.79 Å². The zero-order chi connectivity index (χ0) is 12.8. The molecule has 17 heavy (non-hydrogen) atoms. The van der Waals surface area contributed by atoms with Gasteiger partial charge in [0.25, 0.3) is 0 Å². The number of phenolic OH excluding ortho intramolecular Hbond substituents is 1. The van der Waals surface area contributed by atoms with E-state index in [4.69, 9.17) is 5.73 Å². The monoisotopic (exact) mass is 254 g/mol. The summed E-state index contributed by atoms with van der Waals surface area (Å²) in [6, 6.07) is 4.51. The zero-order valence-corrected chi connectivity index (χ0v) is 10.9. The molecule has 0 aliphatic carbocycles. The molecule has 0 heterocycles. The van der Waals surface area contributed by atoms with Gasteiger partial charge in [0.1, 0.15) is 5.75 Å². The number of carbonyl (C=O) groups excluding carboxylic acids is 1. The molecule has 0 bridgehead atoms. The summed E-state index contributed by atoms with van der Waals surface area (Å²) >= 11 is 1.65. The number of rotatable bonds is 5. The van der Waals surface area contributed by atoms with E-state index in [1.165, 1.54) is 0 Å². The Bertz CT molecular complexity index is 396. The van der Waals surface area contributed by atoms with Crippen LogP contribution in [-0.4, -0.2) is 29.1 Å². The number of phenols is 1. The molecule has 4 N–H and O–H groups in total. The predicted molar refractivity (Wildman–Crippen MR) is 72.4 cm³/mol. The topological polar surface area (TPSA) is 75.4 Å². The summed E-state index contributed by atoms with van der Waals surface area (Å²) in [7, 11) is 0. The van der Waals surface area contributed by atoms with Gasteiger partial charge in [0.05, 0.1) is 11.7 Å². The third-order valence-electron chi connectivity index (χ3n) is 2.38. The van der Waals surface area contributed by atoms with Crippen molar-refractivity contribution in [3.8, 4) is 5.75 Å². The fraction of sp³-hybridized carbons (Fsp3) is 0.417. The second-order valence-electron chi connectivity index (χ2n) is 3.90. The Morgan fingerprint density at radius 2 is 2.29 bits per heavy atom. The average Bonchev–Trinajstić information content (AvgIpc) is 2.30. The van der Waals surface area contributed by atoms with Crippen LogP contribution in [0.25, 0.3) is 0 Å². The Labute approximate surface area is 106 Å². The minimum Gasteiger partial charge on any atom is -0.506 e. The Hall–Kier alpha value is -1.20. The highest BCUT2D eigenvalue weighted by molar-refractivity contribution is 7.98. The Kier molecular flexibility index (Phi) is 5.31. The number of anilines is 1. The van der Waals surface area contributed by atoms with Crippen LogP contribution in [0.15, 0.2) is 18.2 Å². The predicted octanol–water partition coefficient (Wildman–Crippen LogP) is 1.72. The van der Waals surface area contributed by atoms with Gasteiger partial charge >= 0.3 is 0 Å². The van der Waals surface area contributed by atoms with Gasteiger partial charge in [-0.15, -0.1) is 0 Å². The van der Waals surface area contributed by atoms with Crippen LogP contribution in [0, 0.1) is 6.92 Å². The molecule has 4 nitrogen and oxygen atoms in total. The number of carbonyl (C=O) groups is 1. The molecule has 0 saturated heterocycles. The fourth-order valence-electron chi connectivity index (χ4n) is 1.35. The molecule has 1 amide bonds. The first kappa shape index (κ1) is 13.9. The molecular formula is C12H18N2O2S. The van der Waals surface area contributed by atoms with Gasteiger partial charge < -0.3 is 16.2 Å². The second-order valence-corrected chi connectivity index (χ2v) is 4.88. The number of amides is 1. The summed E-state index contributed by atoms with van der Waals surface area (Å²) in [4.78, 5) is 11.7. The van der Waals surface area contributed by atoms with Gasteiger partial charge in [-0.2, -0.15) is 11.8 Å². The number of hydrogen-bond donors (Lipinski definition) is 3. The smallest absolute Gasteiger partial charge is 0.241 e. The number of hydrogen-bond acceptors (Lipinski definition) is 4. The molecule has 94 valence electrons. The van der Waals surface area contributed by atoms with Crippen molar-refractivity contribution in [2.45, 2.75) is 19.4 Å².